The number of imide groups is 1. The molecule has 2 saturated heterocycles. The Morgan fingerprint density at radius 1 is 1.09 bits per heavy atom. The van der Waals surface area contributed by atoms with Crippen LogP contribution in [0.1, 0.15) is 51.5 Å². The first-order valence-corrected chi connectivity index (χ1v) is 17.0. The van der Waals surface area contributed by atoms with Crippen molar-refractivity contribution in [2.75, 3.05) is 11.5 Å². The van der Waals surface area contributed by atoms with E-state index in [1.54, 1.807) is 24.3 Å². The topological polar surface area (TPSA) is 234 Å². The first-order chi connectivity index (χ1) is 25.1. The molecule has 3 fully saturated rings. The Labute approximate surface area is 300 Å². The van der Waals surface area contributed by atoms with E-state index in [0.717, 1.165) is 25.5 Å². The lowest BCUT2D eigenvalue weighted by Crippen LogP contribution is -2.68. The van der Waals surface area contributed by atoms with Crippen molar-refractivity contribution in [3.05, 3.63) is 54.2 Å². The van der Waals surface area contributed by atoms with E-state index >= 15 is 0 Å². The van der Waals surface area contributed by atoms with Crippen molar-refractivity contribution in [2.45, 2.75) is 82.2 Å². The molecular formula is C35H39F2N5O11. The molecule has 3 heterocycles. The van der Waals surface area contributed by atoms with E-state index in [9.17, 15) is 53.5 Å². The zero-order valence-electron chi connectivity index (χ0n) is 28.6. The molecule has 3 unspecified atom stereocenters. The highest BCUT2D eigenvalue weighted by atomic mass is 19.3. The monoisotopic (exact) mass is 743 g/mol. The predicted octanol–water partition coefficient (Wildman–Crippen LogP) is 1.33. The summed E-state index contributed by atoms with van der Waals surface area (Å²) in [5.41, 5.74) is 0.405. The molecule has 53 heavy (non-hydrogen) atoms. The van der Waals surface area contributed by atoms with Crippen LogP contribution in [-0.2, 0) is 23.9 Å². The van der Waals surface area contributed by atoms with Gasteiger partial charge in [0.05, 0.1) is 60.1 Å². The number of nitrogens with zero attached hydrogens (tertiary/aromatic N) is 4. The van der Waals surface area contributed by atoms with Gasteiger partial charge in [-0.05, 0) is 55.5 Å². The molecule has 0 bridgehead atoms. The lowest BCUT2D eigenvalue weighted by Gasteiger charge is -2.46. The van der Waals surface area contributed by atoms with Crippen molar-refractivity contribution >= 4 is 29.4 Å². The maximum Gasteiger partial charge on any atom is 0.377 e. The number of amides is 3. The van der Waals surface area contributed by atoms with Gasteiger partial charge in [-0.25, -0.2) is 18.3 Å². The minimum absolute atomic E-state index is 0.0599. The number of hydrogen-bond donors (Lipinski definition) is 6. The van der Waals surface area contributed by atoms with Gasteiger partial charge in [-0.2, -0.15) is 0 Å². The molecular weight excluding hydrogens is 704 g/mol. The molecule has 9 atom stereocenters. The number of aliphatic hydroxyl groups excluding tert-OH is 4. The number of anilines is 1. The number of carboxylic acid groups (broad SMARTS) is 1. The van der Waals surface area contributed by atoms with Gasteiger partial charge >= 0.3 is 11.8 Å². The smallest absolute Gasteiger partial charge is 0.377 e. The van der Waals surface area contributed by atoms with E-state index in [1.165, 1.54) is 21.8 Å². The van der Waals surface area contributed by atoms with Gasteiger partial charge in [0.1, 0.15) is 29.8 Å². The van der Waals surface area contributed by atoms with E-state index in [0.29, 0.717) is 30.0 Å². The Bertz CT molecular complexity index is 1890. The SMILES string of the molecule is CC(=O)N[C@H]1[C@H]([C@H](O)[C@H](O)CO)O[C@@](Oc2ccc(-n3cc(-c4cccc(N5C(=O)C6CCC(C)CC6C5=O)c4)nn3)cc2C(F)F)(C(=O)O)C[C@@H]1O. The number of aliphatic hydroxyl groups is 4. The maximum atomic E-state index is 14.5. The Morgan fingerprint density at radius 2 is 1.83 bits per heavy atom. The van der Waals surface area contributed by atoms with E-state index in [4.69, 9.17) is 9.47 Å². The fourth-order valence-corrected chi connectivity index (χ4v) is 7.32. The molecule has 1 aliphatic carbocycles. The van der Waals surface area contributed by atoms with Gasteiger partial charge in [0, 0.05) is 12.5 Å². The van der Waals surface area contributed by atoms with Crippen LogP contribution in [0.25, 0.3) is 16.9 Å². The van der Waals surface area contributed by atoms with Gasteiger partial charge in [-0.15, -0.1) is 5.10 Å². The van der Waals surface area contributed by atoms with Crippen LogP contribution in [0.3, 0.4) is 0 Å². The summed E-state index contributed by atoms with van der Waals surface area (Å²) in [6.07, 6.45) is -8.18. The van der Waals surface area contributed by atoms with Crippen LogP contribution in [-0.4, -0.2) is 107 Å². The Hall–Kier alpha value is -4.88. The van der Waals surface area contributed by atoms with Crippen molar-refractivity contribution in [3.8, 4) is 22.7 Å². The molecule has 3 aromatic rings. The van der Waals surface area contributed by atoms with E-state index in [2.05, 4.69) is 22.6 Å². The first-order valence-electron chi connectivity index (χ1n) is 17.0. The van der Waals surface area contributed by atoms with E-state index in [1.807, 2.05) is 0 Å². The summed E-state index contributed by atoms with van der Waals surface area (Å²) in [6.45, 7) is 2.13. The number of carboxylic acids is 1. The fraction of sp³-hybridized carbons (Fsp3) is 0.486. The highest BCUT2D eigenvalue weighted by Crippen LogP contribution is 2.43. The minimum atomic E-state index is -3.24. The summed E-state index contributed by atoms with van der Waals surface area (Å²) in [6, 6.07) is 8.40. The number of fused-ring (bicyclic) bond motifs is 1. The molecule has 284 valence electrons. The summed E-state index contributed by atoms with van der Waals surface area (Å²) in [5.74, 6) is -7.02. The molecule has 1 saturated carbocycles. The van der Waals surface area contributed by atoms with Crippen LogP contribution in [0.15, 0.2) is 48.7 Å². The molecule has 3 amide bonds. The average molecular weight is 744 g/mol. The number of aromatic nitrogens is 3. The van der Waals surface area contributed by atoms with Crippen molar-refractivity contribution < 1.29 is 63.0 Å². The van der Waals surface area contributed by atoms with Crippen LogP contribution in [0.5, 0.6) is 5.75 Å². The van der Waals surface area contributed by atoms with Crippen molar-refractivity contribution in [1.82, 2.24) is 20.3 Å². The largest absolute Gasteiger partial charge is 0.476 e. The van der Waals surface area contributed by atoms with Crippen LogP contribution in [0.2, 0.25) is 0 Å². The number of aliphatic carboxylic acids is 1. The molecule has 18 heteroatoms. The number of carbonyl (C=O) groups is 4. The van der Waals surface area contributed by atoms with Gasteiger partial charge < -0.3 is 40.3 Å². The third kappa shape index (κ3) is 7.24. The van der Waals surface area contributed by atoms with Crippen molar-refractivity contribution in [1.29, 1.82) is 0 Å². The summed E-state index contributed by atoms with van der Waals surface area (Å²) >= 11 is 0. The Balaban J connectivity index is 1.27. The number of alkyl halides is 2. The molecule has 16 nitrogen and oxygen atoms in total. The molecule has 2 aliphatic heterocycles. The zero-order chi connectivity index (χ0) is 38.4. The summed E-state index contributed by atoms with van der Waals surface area (Å²) in [5, 5.41) is 61.7. The van der Waals surface area contributed by atoms with Crippen LogP contribution >= 0.6 is 0 Å². The van der Waals surface area contributed by atoms with E-state index in [-0.39, 0.29) is 35.0 Å². The number of carbonyl (C=O) groups excluding carboxylic acids is 3. The summed E-state index contributed by atoms with van der Waals surface area (Å²) < 4.78 is 41.4. The summed E-state index contributed by atoms with van der Waals surface area (Å²) in [4.78, 5) is 52.2. The number of hydrogen-bond acceptors (Lipinski definition) is 12. The molecule has 0 spiro atoms. The number of benzene rings is 2. The second-order valence-electron chi connectivity index (χ2n) is 13.7. The highest BCUT2D eigenvalue weighted by molar-refractivity contribution is 6.22. The lowest BCUT2D eigenvalue weighted by molar-refractivity contribution is -0.284. The van der Waals surface area contributed by atoms with Gasteiger partial charge in [0.2, 0.25) is 17.7 Å². The maximum absolute atomic E-state index is 14.5. The highest BCUT2D eigenvalue weighted by Gasteiger charge is 2.57. The Kier molecular flexibility index (Phi) is 10.6. The Morgan fingerprint density at radius 3 is 2.51 bits per heavy atom. The van der Waals surface area contributed by atoms with Crippen LogP contribution in [0, 0.1) is 17.8 Å². The molecule has 6 rings (SSSR count). The normalized spacial score (nSPS) is 28.4. The quantitative estimate of drug-likeness (QED) is 0.152. The number of nitrogens with one attached hydrogen (secondary N) is 1. The fourth-order valence-electron chi connectivity index (χ4n) is 7.32. The van der Waals surface area contributed by atoms with Gasteiger partial charge in [-0.1, -0.05) is 24.3 Å². The van der Waals surface area contributed by atoms with Crippen molar-refractivity contribution in [3.63, 3.8) is 0 Å². The molecule has 6 N–H and O–H groups in total. The number of ether oxygens (including phenoxy) is 2. The number of halogens is 2. The zero-order valence-corrected chi connectivity index (χ0v) is 28.6. The molecule has 2 aromatic carbocycles. The van der Waals surface area contributed by atoms with Gasteiger partial charge in [0.15, 0.2) is 0 Å². The first kappa shape index (κ1) is 37.9. The van der Waals surface area contributed by atoms with Gasteiger partial charge in [-0.3, -0.25) is 19.3 Å². The summed E-state index contributed by atoms with van der Waals surface area (Å²) in [7, 11) is 0. The van der Waals surface area contributed by atoms with Crippen LogP contribution < -0.4 is 15.0 Å². The second kappa shape index (κ2) is 14.9. The van der Waals surface area contributed by atoms with E-state index < -0.39 is 78.9 Å². The molecule has 1 aromatic heterocycles. The minimum Gasteiger partial charge on any atom is -0.476 e. The molecule has 0 radical (unpaired) electrons. The standard InChI is InChI=1S/C35H39F2N5O11/c1-16-6-8-21-22(10-16)33(49)42(32(21)48)20-5-3-4-18(11-20)24-14-41(40-39-24)19-7-9-27(23(12-19)31(36)37)52-35(34(50)51)13-25(45)28(38-17(2)44)30(53-35)29(47)26(46)15-43/h3-5,7,9,11-12,14,16,21-22,25-26,28-31,43,45-47H,6,8,10,13,15H2,1-2H3,(H,38,44)(H,50,51)/t16?,21?,22?,25-,26+,28+,29+,30+,35+/m0/s1. The number of rotatable bonds is 11. The predicted molar refractivity (Wildman–Crippen MR) is 177 cm³/mol. The van der Waals surface area contributed by atoms with Gasteiger partial charge in [0.25, 0.3) is 6.43 Å². The van der Waals surface area contributed by atoms with Crippen molar-refractivity contribution in [2.24, 2.45) is 17.8 Å². The van der Waals surface area contributed by atoms with Crippen LogP contribution in [0.4, 0.5) is 14.5 Å². The third-order valence-electron chi connectivity index (χ3n) is 10.0. The lowest BCUT2D eigenvalue weighted by atomic mass is 9.76. The second-order valence-corrected chi connectivity index (χ2v) is 13.7. The molecule has 3 aliphatic rings. The third-order valence-corrected chi connectivity index (χ3v) is 10.0. The average Bonchev–Trinajstić information content (AvgIpc) is 3.71.